The third-order valence-electron chi connectivity index (χ3n) is 10.3. The maximum absolute atomic E-state index is 16.0. The normalized spacial score (nSPS) is 24.6. The van der Waals surface area contributed by atoms with Gasteiger partial charge in [-0.25, -0.2) is 14.4 Å². The number of aromatic nitrogens is 2. The molecule has 5 fully saturated rings. The average Bonchev–Trinajstić information content (AvgIpc) is 3.48. The minimum absolute atomic E-state index is 0.0567. The molecule has 5 heterocycles. The van der Waals surface area contributed by atoms with Gasteiger partial charge in [-0.2, -0.15) is 0 Å². The van der Waals surface area contributed by atoms with Gasteiger partial charge in [0.05, 0.1) is 5.52 Å². The van der Waals surface area contributed by atoms with E-state index in [1.807, 2.05) is 19.9 Å². The fourth-order valence-corrected chi connectivity index (χ4v) is 8.67. The minimum atomic E-state index is -0.321. The second-order valence-corrected chi connectivity index (χ2v) is 13.3. The third kappa shape index (κ3) is 5.05. The first-order valence-electron chi connectivity index (χ1n) is 16.2. The maximum atomic E-state index is 16.0. The monoisotopic (exact) mass is 591 g/mol. The van der Waals surface area contributed by atoms with Crippen molar-refractivity contribution in [2.75, 3.05) is 31.1 Å². The van der Waals surface area contributed by atoms with Crippen LogP contribution in [0.3, 0.4) is 0 Å². The van der Waals surface area contributed by atoms with Crippen molar-refractivity contribution in [3.8, 4) is 16.9 Å². The minimum Gasteiger partial charge on any atom is -0.508 e. The summed E-state index contributed by atoms with van der Waals surface area (Å²) in [6.07, 6.45) is 11.4. The zero-order chi connectivity index (χ0) is 29.0. The summed E-state index contributed by atoms with van der Waals surface area (Å²) in [6, 6.07) is 7.64. The largest absolute Gasteiger partial charge is 0.508 e. The van der Waals surface area contributed by atoms with Gasteiger partial charge in [-0.1, -0.05) is 25.4 Å². The van der Waals surface area contributed by atoms with Crippen LogP contribution in [0.1, 0.15) is 88.9 Å². The van der Waals surface area contributed by atoms with Gasteiger partial charge in [0, 0.05) is 53.1 Å². The van der Waals surface area contributed by atoms with Crippen LogP contribution < -0.4 is 10.2 Å². The summed E-state index contributed by atoms with van der Waals surface area (Å²) in [5, 5.41) is 15.4. The number of fused-ring (bicyclic) bond motifs is 4. The number of halogens is 2. The summed E-state index contributed by atoms with van der Waals surface area (Å²) in [5.41, 5.74) is 3.15. The molecule has 6 nitrogen and oxygen atoms in total. The molecule has 3 aromatic rings. The Hall–Kier alpha value is -2.48. The number of benzene rings is 2. The molecular weight excluding hydrogens is 549 g/mol. The second-order valence-electron chi connectivity index (χ2n) is 12.9. The van der Waals surface area contributed by atoms with Crippen molar-refractivity contribution in [1.29, 1.82) is 0 Å². The van der Waals surface area contributed by atoms with Gasteiger partial charge in [-0.05, 0) is 112 Å². The quantitative estimate of drug-likeness (QED) is 0.316. The second kappa shape index (κ2) is 11.2. The summed E-state index contributed by atoms with van der Waals surface area (Å²) in [7, 11) is 0. The summed E-state index contributed by atoms with van der Waals surface area (Å²) in [4.78, 5) is 15.3. The molecule has 8 heteroatoms. The number of piperazine rings is 1. The van der Waals surface area contributed by atoms with Crippen LogP contribution in [-0.4, -0.2) is 63.8 Å². The van der Waals surface area contributed by atoms with Crippen molar-refractivity contribution in [1.82, 2.24) is 20.2 Å². The number of nitrogens with zero attached hydrogens (tertiary/aromatic N) is 4. The summed E-state index contributed by atoms with van der Waals surface area (Å²) < 4.78 is 16.0. The first-order chi connectivity index (χ1) is 20.5. The lowest BCUT2D eigenvalue weighted by molar-refractivity contribution is 0.182. The number of hydrogen-bond donors (Lipinski definition) is 2. The van der Waals surface area contributed by atoms with E-state index in [9.17, 15) is 5.11 Å². The zero-order valence-electron chi connectivity index (χ0n) is 24.9. The molecule has 2 aromatic carbocycles. The Morgan fingerprint density at radius 2 is 1.69 bits per heavy atom. The van der Waals surface area contributed by atoms with Crippen LogP contribution in [0, 0.1) is 5.82 Å². The van der Waals surface area contributed by atoms with Crippen molar-refractivity contribution in [2.45, 2.75) is 102 Å². The molecule has 2 unspecified atom stereocenters. The molecule has 42 heavy (non-hydrogen) atoms. The van der Waals surface area contributed by atoms with Crippen LogP contribution in [0.4, 0.5) is 10.2 Å². The number of phenolic OH excluding ortho intramolecular Hbond substituents is 1. The molecule has 224 valence electrons. The van der Waals surface area contributed by atoms with Crippen LogP contribution in [0.25, 0.3) is 22.0 Å². The van der Waals surface area contributed by atoms with Crippen molar-refractivity contribution in [3.63, 3.8) is 0 Å². The molecule has 4 saturated heterocycles. The van der Waals surface area contributed by atoms with E-state index in [1.165, 1.54) is 51.6 Å². The molecule has 1 aromatic heterocycles. The molecule has 2 N–H and O–H groups in total. The van der Waals surface area contributed by atoms with E-state index in [0.717, 1.165) is 66.9 Å². The zero-order valence-corrected chi connectivity index (χ0v) is 25.7. The SMILES string of the molecule is CC.Oc1cc(Cl)c(C2CC2)c(-c2cc3nc(CCC45CCCN4CCC5)nc(N4CC5CCC(C4)N5)c3cc2F)c1. The highest BCUT2D eigenvalue weighted by molar-refractivity contribution is 6.32. The Morgan fingerprint density at radius 3 is 2.38 bits per heavy atom. The van der Waals surface area contributed by atoms with Gasteiger partial charge in [0.25, 0.3) is 0 Å². The predicted octanol–water partition coefficient (Wildman–Crippen LogP) is 7.20. The van der Waals surface area contributed by atoms with Crippen molar-refractivity contribution < 1.29 is 9.50 Å². The molecule has 1 saturated carbocycles. The molecule has 8 rings (SSSR count). The van der Waals surface area contributed by atoms with E-state index in [2.05, 4.69) is 15.1 Å². The van der Waals surface area contributed by atoms with Gasteiger partial charge in [0.15, 0.2) is 0 Å². The standard InChI is InChI=1S/C32H37ClFN5O.C2H6/c33-26-14-22(40)13-24(30(26)19-3-4-19)23-16-28-25(15-27(23)34)31(38-17-20-5-6-21(18-38)35-20)37-29(36-28)7-10-32-8-1-11-39(32)12-2-9-32;1-2/h13-16,19-21,35,40H,1-12,17-18H2;1-2H3. The van der Waals surface area contributed by atoms with E-state index in [0.29, 0.717) is 39.7 Å². The Balaban J connectivity index is 0.00000141. The van der Waals surface area contributed by atoms with Gasteiger partial charge < -0.3 is 15.3 Å². The number of phenols is 1. The smallest absolute Gasteiger partial charge is 0.140 e. The molecule has 4 aliphatic heterocycles. The maximum Gasteiger partial charge on any atom is 0.140 e. The van der Waals surface area contributed by atoms with E-state index in [-0.39, 0.29) is 11.6 Å². The molecule has 5 aliphatic rings. The summed E-state index contributed by atoms with van der Waals surface area (Å²) in [6.45, 7) is 8.20. The lowest BCUT2D eigenvalue weighted by atomic mass is 9.88. The van der Waals surface area contributed by atoms with Crippen LogP contribution in [0.5, 0.6) is 5.75 Å². The van der Waals surface area contributed by atoms with Crippen molar-refractivity contribution >= 4 is 28.3 Å². The van der Waals surface area contributed by atoms with Gasteiger partial charge in [-0.15, -0.1) is 0 Å². The number of hydrogen-bond acceptors (Lipinski definition) is 6. The molecule has 0 spiro atoms. The number of aryl methyl sites for hydroxylation is 1. The molecule has 0 amide bonds. The fourth-order valence-electron chi connectivity index (χ4n) is 8.30. The summed E-state index contributed by atoms with van der Waals surface area (Å²) in [5.74, 6) is 1.77. The van der Waals surface area contributed by atoms with Crippen LogP contribution in [-0.2, 0) is 6.42 Å². The van der Waals surface area contributed by atoms with E-state index < -0.39 is 0 Å². The molecule has 1 aliphatic carbocycles. The number of nitrogens with one attached hydrogen (secondary N) is 1. The molecule has 2 bridgehead atoms. The van der Waals surface area contributed by atoms with Gasteiger partial charge in [0.2, 0.25) is 0 Å². The van der Waals surface area contributed by atoms with Crippen LogP contribution in [0.15, 0.2) is 24.3 Å². The Bertz CT molecular complexity index is 1470. The number of aromatic hydroxyl groups is 1. The Labute approximate surface area is 253 Å². The predicted molar refractivity (Wildman–Crippen MR) is 168 cm³/mol. The first kappa shape index (κ1) is 28.3. The van der Waals surface area contributed by atoms with E-state index in [1.54, 1.807) is 18.2 Å². The topological polar surface area (TPSA) is 64.5 Å². The van der Waals surface area contributed by atoms with E-state index in [4.69, 9.17) is 21.6 Å². The van der Waals surface area contributed by atoms with Crippen LogP contribution in [0.2, 0.25) is 5.02 Å². The lowest BCUT2D eigenvalue weighted by Gasteiger charge is -2.35. The van der Waals surface area contributed by atoms with Gasteiger partial charge >= 0.3 is 0 Å². The average molecular weight is 592 g/mol. The van der Waals surface area contributed by atoms with E-state index >= 15 is 4.39 Å². The Kier molecular flexibility index (Phi) is 7.56. The number of rotatable bonds is 6. The lowest BCUT2D eigenvalue weighted by Crippen LogP contribution is -2.51. The van der Waals surface area contributed by atoms with Gasteiger partial charge in [0.1, 0.15) is 23.2 Å². The summed E-state index contributed by atoms with van der Waals surface area (Å²) >= 11 is 6.60. The highest BCUT2D eigenvalue weighted by atomic mass is 35.5. The highest BCUT2D eigenvalue weighted by Gasteiger charge is 2.43. The number of anilines is 1. The Morgan fingerprint density at radius 1 is 0.976 bits per heavy atom. The highest BCUT2D eigenvalue weighted by Crippen LogP contribution is 2.50. The molecule has 0 radical (unpaired) electrons. The molecule has 2 atom stereocenters. The van der Waals surface area contributed by atoms with Crippen molar-refractivity contribution in [2.24, 2.45) is 0 Å². The van der Waals surface area contributed by atoms with Crippen LogP contribution >= 0.6 is 11.6 Å². The molecular formula is C34H43ClFN5O. The first-order valence-corrected chi connectivity index (χ1v) is 16.6. The van der Waals surface area contributed by atoms with Gasteiger partial charge in [-0.3, -0.25) is 4.90 Å². The fraction of sp³-hybridized carbons (Fsp3) is 0.588. The third-order valence-corrected chi connectivity index (χ3v) is 10.7. The van der Waals surface area contributed by atoms with Crippen molar-refractivity contribution in [3.05, 3.63) is 46.5 Å².